The van der Waals surface area contributed by atoms with Crippen LogP contribution < -0.4 is 5.32 Å². The highest BCUT2D eigenvalue weighted by Gasteiger charge is 2.04. The Morgan fingerprint density at radius 3 is 1.95 bits per heavy atom. The Hall–Kier alpha value is -1.71. The zero-order valence-electron chi connectivity index (χ0n) is 12.4. The quantitative estimate of drug-likeness (QED) is 0.344. The van der Waals surface area contributed by atoms with Gasteiger partial charge in [-0.1, -0.05) is 0 Å². The van der Waals surface area contributed by atoms with Crippen LogP contribution in [0.5, 0.6) is 0 Å². The topological polar surface area (TPSA) is 131 Å². The first kappa shape index (κ1) is 20.3. The number of amides is 1. The molecule has 0 aromatic rings. The maximum atomic E-state index is 11.2. The van der Waals surface area contributed by atoms with Crippen molar-refractivity contribution in [1.82, 2.24) is 5.32 Å². The number of carboxylic acids is 2. The van der Waals surface area contributed by atoms with Gasteiger partial charge in [-0.2, -0.15) is 0 Å². The highest BCUT2D eigenvalue weighted by atomic mass is 16.5. The molecule has 0 rings (SSSR count). The van der Waals surface area contributed by atoms with E-state index >= 15 is 0 Å². The average molecular weight is 321 g/mol. The normalized spacial score (nSPS) is 10.4. The summed E-state index contributed by atoms with van der Waals surface area (Å²) in [5.74, 6) is -2.29. The second kappa shape index (κ2) is 14.2. The predicted molar refractivity (Wildman–Crippen MR) is 74.6 cm³/mol. The molecule has 0 unspecified atom stereocenters. The number of hydrogen-bond donors (Lipinski definition) is 3. The van der Waals surface area contributed by atoms with Crippen LogP contribution in [0, 0.1) is 0 Å². The van der Waals surface area contributed by atoms with Gasteiger partial charge in [-0.05, 0) is 6.42 Å². The Labute approximate surface area is 128 Å². The van der Waals surface area contributed by atoms with Gasteiger partial charge in [0.15, 0.2) is 0 Å². The van der Waals surface area contributed by atoms with Crippen LogP contribution in [-0.4, -0.2) is 74.2 Å². The fraction of sp³-hybridized carbons (Fsp3) is 0.769. The molecule has 9 nitrogen and oxygen atoms in total. The van der Waals surface area contributed by atoms with Crippen LogP contribution in [0.2, 0.25) is 0 Å². The van der Waals surface area contributed by atoms with Crippen molar-refractivity contribution in [3.05, 3.63) is 0 Å². The number of carboxylic acid groups (broad SMARTS) is 2. The number of nitrogens with one attached hydrogen (secondary N) is 1. The van der Waals surface area contributed by atoms with Crippen molar-refractivity contribution < 1.29 is 38.8 Å². The van der Waals surface area contributed by atoms with Gasteiger partial charge in [0, 0.05) is 19.6 Å². The van der Waals surface area contributed by atoms with Crippen LogP contribution >= 0.6 is 0 Å². The molecule has 0 saturated carbocycles. The minimum absolute atomic E-state index is 0.0199. The summed E-state index contributed by atoms with van der Waals surface area (Å²) in [4.78, 5) is 31.5. The van der Waals surface area contributed by atoms with E-state index in [4.69, 9.17) is 24.4 Å². The molecule has 0 atom stereocenters. The lowest BCUT2D eigenvalue weighted by molar-refractivity contribution is -0.142. The Kier molecular flexibility index (Phi) is 13.1. The highest BCUT2D eigenvalue weighted by molar-refractivity contribution is 5.80. The molecule has 0 aliphatic heterocycles. The zero-order valence-corrected chi connectivity index (χ0v) is 12.4. The lowest BCUT2D eigenvalue weighted by Crippen LogP contribution is -2.25. The summed E-state index contributed by atoms with van der Waals surface area (Å²) in [7, 11) is 0. The molecule has 0 radical (unpaired) electrons. The molecule has 0 fully saturated rings. The number of hydrogen-bond acceptors (Lipinski definition) is 6. The van der Waals surface area contributed by atoms with Crippen LogP contribution in [0.3, 0.4) is 0 Å². The van der Waals surface area contributed by atoms with Gasteiger partial charge in [0.2, 0.25) is 5.91 Å². The molecular weight excluding hydrogens is 298 g/mol. The van der Waals surface area contributed by atoms with E-state index in [9.17, 15) is 14.4 Å². The van der Waals surface area contributed by atoms with Crippen LogP contribution in [0.15, 0.2) is 0 Å². The fourth-order valence-electron chi connectivity index (χ4n) is 1.31. The lowest BCUT2D eigenvalue weighted by Gasteiger charge is -2.07. The Morgan fingerprint density at radius 1 is 0.773 bits per heavy atom. The maximum Gasteiger partial charge on any atom is 0.329 e. The van der Waals surface area contributed by atoms with E-state index in [2.05, 4.69) is 5.32 Å². The summed E-state index contributed by atoms with van der Waals surface area (Å²) in [6, 6.07) is 0. The maximum absolute atomic E-state index is 11.2. The molecule has 0 aromatic heterocycles. The van der Waals surface area contributed by atoms with Gasteiger partial charge in [0.1, 0.15) is 6.61 Å². The highest BCUT2D eigenvalue weighted by Crippen LogP contribution is 1.89. The van der Waals surface area contributed by atoms with Gasteiger partial charge in [-0.15, -0.1) is 0 Å². The molecule has 0 saturated heterocycles. The van der Waals surface area contributed by atoms with Crippen LogP contribution in [0.4, 0.5) is 0 Å². The van der Waals surface area contributed by atoms with Crippen molar-refractivity contribution in [3.8, 4) is 0 Å². The predicted octanol–water partition coefficient (Wildman–Crippen LogP) is -0.508. The van der Waals surface area contributed by atoms with Gasteiger partial charge >= 0.3 is 11.9 Å². The summed E-state index contributed by atoms with van der Waals surface area (Å²) < 4.78 is 15.2. The van der Waals surface area contributed by atoms with E-state index in [1.165, 1.54) is 0 Å². The molecule has 0 spiro atoms. The van der Waals surface area contributed by atoms with E-state index < -0.39 is 11.9 Å². The van der Waals surface area contributed by atoms with E-state index in [1.54, 1.807) is 0 Å². The van der Waals surface area contributed by atoms with Crippen molar-refractivity contribution in [1.29, 1.82) is 0 Å². The molecule has 0 heterocycles. The zero-order chi connectivity index (χ0) is 16.6. The van der Waals surface area contributed by atoms with Gasteiger partial charge in [-0.25, -0.2) is 4.79 Å². The standard InChI is InChI=1S/C13H23NO8/c15-11(2-3-12(16)17)14-4-1-5-20-6-7-21-8-9-22-10-13(18)19/h1-10H2,(H,14,15)(H,16,17)(H,18,19). The second-order valence-electron chi connectivity index (χ2n) is 4.27. The van der Waals surface area contributed by atoms with Gasteiger partial charge in [-0.3, -0.25) is 9.59 Å². The largest absolute Gasteiger partial charge is 0.481 e. The molecule has 0 aliphatic rings. The van der Waals surface area contributed by atoms with Crippen LogP contribution in [-0.2, 0) is 28.6 Å². The summed E-state index contributed by atoms with van der Waals surface area (Å²) in [6.07, 6.45) is 0.435. The number of carbonyl (C=O) groups excluding carboxylic acids is 1. The first-order valence-electron chi connectivity index (χ1n) is 6.96. The van der Waals surface area contributed by atoms with Crippen molar-refractivity contribution in [2.45, 2.75) is 19.3 Å². The van der Waals surface area contributed by atoms with Crippen molar-refractivity contribution >= 4 is 17.8 Å². The monoisotopic (exact) mass is 321 g/mol. The molecule has 0 aromatic carbocycles. The molecular formula is C13H23NO8. The SMILES string of the molecule is O=C(O)CCC(=O)NCCCOCCOCCOCC(=O)O. The van der Waals surface area contributed by atoms with Crippen LogP contribution in [0.1, 0.15) is 19.3 Å². The molecule has 0 aliphatic carbocycles. The minimum Gasteiger partial charge on any atom is -0.481 e. The third-order valence-corrected chi connectivity index (χ3v) is 2.32. The second-order valence-corrected chi connectivity index (χ2v) is 4.27. The van der Waals surface area contributed by atoms with E-state index in [0.717, 1.165) is 0 Å². The average Bonchev–Trinajstić information content (AvgIpc) is 2.45. The molecule has 22 heavy (non-hydrogen) atoms. The number of ether oxygens (including phenoxy) is 3. The van der Waals surface area contributed by atoms with E-state index in [1.807, 2.05) is 0 Å². The molecule has 0 bridgehead atoms. The van der Waals surface area contributed by atoms with E-state index in [-0.39, 0.29) is 32.0 Å². The Morgan fingerprint density at radius 2 is 1.36 bits per heavy atom. The molecule has 9 heteroatoms. The fourth-order valence-corrected chi connectivity index (χ4v) is 1.31. The Balaban J connectivity index is 3.15. The van der Waals surface area contributed by atoms with Gasteiger partial charge < -0.3 is 29.7 Å². The summed E-state index contributed by atoms with van der Waals surface area (Å²) in [5, 5.41) is 19.3. The van der Waals surface area contributed by atoms with Gasteiger partial charge in [0.25, 0.3) is 0 Å². The third kappa shape index (κ3) is 16.3. The smallest absolute Gasteiger partial charge is 0.329 e. The number of aliphatic carboxylic acids is 2. The van der Waals surface area contributed by atoms with Gasteiger partial charge in [0.05, 0.1) is 32.8 Å². The Bertz CT molecular complexity index is 334. The summed E-state index contributed by atoms with van der Waals surface area (Å²) >= 11 is 0. The molecule has 3 N–H and O–H groups in total. The first-order chi connectivity index (χ1) is 10.5. The first-order valence-corrected chi connectivity index (χ1v) is 6.96. The van der Waals surface area contributed by atoms with Crippen molar-refractivity contribution in [2.24, 2.45) is 0 Å². The lowest BCUT2D eigenvalue weighted by atomic mass is 10.3. The minimum atomic E-state index is -1.02. The molecule has 1 amide bonds. The van der Waals surface area contributed by atoms with E-state index in [0.29, 0.717) is 39.4 Å². The van der Waals surface area contributed by atoms with Crippen LogP contribution in [0.25, 0.3) is 0 Å². The molecule has 128 valence electrons. The summed E-state index contributed by atoms with van der Waals surface area (Å²) in [6.45, 7) is 1.84. The third-order valence-electron chi connectivity index (χ3n) is 2.32. The number of carbonyl (C=O) groups is 3. The number of rotatable bonds is 15. The van der Waals surface area contributed by atoms with Crippen molar-refractivity contribution in [3.63, 3.8) is 0 Å². The summed E-state index contributed by atoms with van der Waals surface area (Å²) in [5.41, 5.74) is 0. The van der Waals surface area contributed by atoms with Crippen molar-refractivity contribution in [2.75, 3.05) is 46.2 Å².